The van der Waals surface area contributed by atoms with Gasteiger partial charge >= 0.3 is 23.1 Å². The zero-order chi connectivity index (χ0) is 0. The monoisotopic (exact) mass is 273 g/mol. The Balaban J connectivity index is 0. The average molecular weight is 276 g/mol. The summed E-state index contributed by atoms with van der Waals surface area (Å²) in [5, 5.41) is 0. The second-order valence-corrected chi connectivity index (χ2v) is 0. The summed E-state index contributed by atoms with van der Waals surface area (Å²) in [6, 6.07) is 0. The van der Waals surface area contributed by atoms with E-state index in [1.807, 2.05) is 0 Å². The molecule has 0 aromatic heterocycles. The van der Waals surface area contributed by atoms with Crippen LogP contribution < -0.4 is 0 Å². The molecule has 0 saturated heterocycles. The number of rotatable bonds is 0. The molecule has 1 radical (unpaired) electrons. The second-order valence-electron chi connectivity index (χ2n) is 0. The molecule has 5 heavy (non-hydrogen) atoms. The van der Waals surface area contributed by atoms with Crippen molar-refractivity contribution in [1.29, 1.82) is 0 Å². The first-order valence-electron chi connectivity index (χ1n) is 0. The molecule has 0 aromatic carbocycles. The van der Waals surface area contributed by atoms with Gasteiger partial charge in [-0.25, -0.2) is 0 Å². The van der Waals surface area contributed by atoms with Crippen LogP contribution in [0.1, 0.15) is 2.85 Å². The number of hydrogen-bond acceptors (Lipinski definition) is 0. The summed E-state index contributed by atoms with van der Waals surface area (Å²) >= 11 is 0. The van der Waals surface area contributed by atoms with Crippen molar-refractivity contribution in [2.24, 2.45) is 0 Å². The van der Waals surface area contributed by atoms with Crippen molar-refractivity contribution in [3.8, 4) is 0 Å². The van der Waals surface area contributed by atoms with Crippen LogP contribution in [0.15, 0.2) is 0 Å². The van der Waals surface area contributed by atoms with Crippen molar-refractivity contribution < 1.29 is 65.6 Å². The van der Waals surface area contributed by atoms with Crippen LogP contribution >= 0.6 is 0 Å². The van der Waals surface area contributed by atoms with E-state index in [0.29, 0.717) is 0 Å². The summed E-state index contributed by atoms with van der Waals surface area (Å²) in [5.74, 6) is 0. The minimum atomic E-state index is 0. The van der Waals surface area contributed by atoms with Gasteiger partial charge in [0.1, 0.15) is 0 Å². The third kappa shape index (κ3) is 18.8. The molecule has 0 N–H and O–H groups in total. The van der Waals surface area contributed by atoms with E-state index in [-0.39, 0.29) is 106 Å². The molecule has 0 atom stereocenters. The van der Waals surface area contributed by atoms with Gasteiger partial charge in [0, 0.05) is 62.8 Å². The Labute approximate surface area is 104 Å². The van der Waals surface area contributed by atoms with Gasteiger partial charge in [-0.15, -0.1) is 0 Å². The smallest absolute Gasteiger partial charge is 1.00 e. The number of hydrogen-bond donors (Lipinski definition) is 0. The molecule has 0 spiro atoms. The van der Waals surface area contributed by atoms with Crippen molar-refractivity contribution in [2.45, 2.75) is 0 Å². The van der Waals surface area contributed by atoms with Gasteiger partial charge < -0.3 is 2.85 Å². The van der Waals surface area contributed by atoms with E-state index in [0.717, 1.165) is 0 Å². The van der Waals surface area contributed by atoms with Crippen LogP contribution in [-0.4, -0.2) is 40.4 Å². The first-order valence-corrected chi connectivity index (χ1v) is 0. The first kappa shape index (κ1) is 40.4. The Morgan fingerprint density at radius 1 is 1.20 bits per heavy atom. The molecule has 0 aromatic rings. The SMILES string of the molecule is [AlH3].[Cu].[H-].[H-].[Mg+2].[Zn].[Zr]. The summed E-state index contributed by atoms with van der Waals surface area (Å²) < 4.78 is 0. The van der Waals surface area contributed by atoms with Crippen LogP contribution in [0.25, 0.3) is 0 Å². The van der Waals surface area contributed by atoms with E-state index in [4.69, 9.17) is 0 Å². The average Bonchev–Trinajstić information content (AvgIpc) is 0. The summed E-state index contributed by atoms with van der Waals surface area (Å²) in [5.41, 5.74) is 0. The van der Waals surface area contributed by atoms with Crippen LogP contribution in [0.5, 0.6) is 0 Å². The minimum absolute atomic E-state index is 0. The van der Waals surface area contributed by atoms with Crippen molar-refractivity contribution in [3.63, 3.8) is 0 Å². The molecule has 0 heterocycles. The Morgan fingerprint density at radius 2 is 1.20 bits per heavy atom. The van der Waals surface area contributed by atoms with Crippen molar-refractivity contribution >= 4 is 40.4 Å². The maximum Gasteiger partial charge on any atom is 2.00 e. The fourth-order valence-electron chi connectivity index (χ4n) is 0. The van der Waals surface area contributed by atoms with Crippen LogP contribution in [-0.2, 0) is 62.8 Å². The van der Waals surface area contributed by atoms with Gasteiger partial charge in [0.2, 0.25) is 0 Å². The van der Waals surface area contributed by atoms with Crippen molar-refractivity contribution in [2.75, 3.05) is 0 Å². The van der Waals surface area contributed by atoms with E-state index < -0.39 is 0 Å². The third-order valence-electron chi connectivity index (χ3n) is 0. The van der Waals surface area contributed by atoms with Gasteiger partial charge in [-0.2, -0.15) is 0 Å². The summed E-state index contributed by atoms with van der Waals surface area (Å²) in [6.45, 7) is 0. The quantitative estimate of drug-likeness (QED) is 0.480. The molecule has 0 nitrogen and oxygen atoms in total. The van der Waals surface area contributed by atoms with Crippen LogP contribution in [0.2, 0.25) is 0 Å². The standard InChI is InChI=1S/Al.Cu.Mg.Zn.Zr.5H/q;;+2;;;;;;2*-1. The predicted octanol–water partition coefficient (Wildman–Crippen LogP) is -1.35. The van der Waals surface area contributed by atoms with Gasteiger partial charge in [0.25, 0.3) is 0 Å². The predicted molar refractivity (Wildman–Crippen MR) is 17.9 cm³/mol. The van der Waals surface area contributed by atoms with E-state index in [2.05, 4.69) is 0 Å². The van der Waals surface area contributed by atoms with Crippen LogP contribution in [0.4, 0.5) is 0 Å². The fourth-order valence-corrected chi connectivity index (χ4v) is 0. The molecule has 0 fully saturated rings. The van der Waals surface area contributed by atoms with Crippen molar-refractivity contribution in [3.05, 3.63) is 0 Å². The normalized spacial score (nSPS) is 0. The van der Waals surface area contributed by atoms with Gasteiger partial charge in [0.05, 0.1) is 0 Å². The van der Waals surface area contributed by atoms with E-state index >= 15 is 0 Å². The zero-order valence-electron chi connectivity index (χ0n) is 4.22. The molecule has 0 amide bonds. The van der Waals surface area contributed by atoms with Crippen LogP contribution in [0, 0.1) is 0 Å². The molecule has 0 aliphatic heterocycles. The molecular formula is H5AlCuMgZnZr. The maximum absolute atomic E-state index is 0. The second kappa shape index (κ2) is 26.5. The van der Waals surface area contributed by atoms with Crippen LogP contribution in [0.3, 0.4) is 0 Å². The third-order valence-corrected chi connectivity index (χ3v) is 0. The van der Waals surface area contributed by atoms with E-state index in [9.17, 15) is 0 Å². The van der Waals surface area contributed by atoms with Crippen molar-refractivity contribution in [1.82, 2.24) is 0 Å². The zero-order valence-corrected chi connectivity index (χ0v) is 10.00. The van der Waals surface area contributed by atoms with E-state index in [1.165, 1.54) is 0 Å². The molecule has 27 valence electrons. The Hall–Kier alpha value is 3.32. The Kier molecular flexibility index (Phi) is 214. The Morgan fingerprint density at radius 3 is 1.20 bits per heavy atom. The summed E-state index contributed by atoms with van der Waals surface area (Å²) in [4.78, 5) is 0. The van der Waals surface area contributed by atoms with Gasteiger partial charge in [-0.1, -0.05) is 0 Å². The Bertz CT molecular complexity index is 17.7. The summed E-state index contributed by atoms with van der Waals surface area (Å²) in [6.07, 6.45) is 0. The molecular weight excluding hydrogens is 271 g/mol. The molecule has 0 aliphatic carbocycles. The van der Waals surface area contributed by atoms with Gasteiger partial charge in [0.15, 0.2) is 17.4 Å². The van der Waals surface area contributed by atoms with Gasteiger partial charge in [-0.3, -0.25) is 0 Å². The maximum atomic E-state index is 0. The molecule has 0 unspecified atom stereocenters. The fraction of sp³-hybridized carbons (Fsp3) is 0. The van der Waals surface area contributed by atoms with E-state index in [1.54, 1.807) is 0 Å². The molecule has 5 heteroatoms. The first-order chi connectivity index (χ1) is 0. The van der Waals surface area contributed by atoms with Gasteiger partial charge in [-0.05, 0) is 0 Å². The molecule has 0 bridgehead atoms. The molecule has 0 rings (SSSR count). The molecule has 0 aliphatic rings. The molecule has 0 saturated carbocycles. The topological polar surface area (TPSA) is 0 Å². The largest absolute Gasteiger partial charge is 2.00 e. The summed E-state index contributed by atoms with van der Waals surface area (Å²) in [7, 11) is 0. The minimum Gasteiger partial charge on any atom is -1.00 e.